The third-order valence-electron chi connectivity index (χ3n) is 2.92. The number of hydrazine groups is 1. The third-order valence-corrected chi connectivity index (χ3v) is 3.96. The molecular formula is C13H20N2O7S. The molecular weight excluding hydrogens is 328 g/mol. The van der Waals surface area contributed by atoms with Crippen LogP contribution < -0.4 is 0 Å². The van der Waals surface area contributed by atoms with Gasteiger partial charge in [-0.1, -0.05) is 11.8 Å². The topological polar surface area (TPSA) is 102 Å². The maximum absolute atomic E-state index is 12.2. The second kappa shape index (κ2) is 8.61. The Labute approximate surface area is 138 Å². The van der Waals surface area contributed by atoms with Crippen molar-refractivity contribution in [2.75, 3.05) is 26.9 Å². The van der Waals surface area contributed by atoms with E-state index in [0.29, 0.717) is 0 Å². The molecule has 0 N–H and O–H groups in total. The van der Waals surface area contributed by atoms with Gasteiger partial charge in [-0.05, 0) is 13.8 Å². The zero-order chi connectivity index (χ0) is 17.6. The normalized spacial score (nSPS) is 20.2. The van der Waals surface area contributed by atoms with E-state index in [1.54, 1.807) is 13.8 Å². The predicted octanol–water partition coefficient (Wildman–Crippen LogP) is 1.02. The highest BCUT2D eigenvalue weighted by Crippen LogP contribution is 2.31. The summed E-state index contributed by atoms with van der Waals surface area (Å²) in [7, 11) is 1.16. The average molecular weight is 348 g/mol. The van der Waals surface area contributed by atoms with Gasteiger partial charge in [-0.15, -0.1) is 0 Å². The van der Waals surface area contributed by atoms with Gasteiger partial charge in [0.2, 0.25) is 0 Å². The van der Waals surface area contributed by atoms with Gasteiger partial charge in [0, 0.05) is 6.92 Å². The summed E-state index contributed by atoms with van der Waals surface area (Å²) >= 11 is 0.854. The van der Waals surface area contributed by atoms with Gasteiger partial charge in [0.15, 0.2) is 11.2 Å². The molecule has 1 aliphatic heterocycles. The van der Waals surface area contributed by atoms with Gasteiger partial charge in [0.05, 0.1) is 32.1 Å². The molecule has 1 heterocycles. The Morgan fingerprint density at radius 3 is 2.13 bits per heavy atom. The Hall–Kier alpha value is -1.97. The first-order valence-corrected chi connectivity index (χ1v) is 7.90. The number of hydrogen-bond donors (Lipinski definition) is 0. The molecule has 0 aliphatic carbocycles. The molecule has 0 spiro atoms. The molecule has 2 unspecified atom stereocenters. The lowest BCUT2D eigenvalue weighted by Gasteiger charge is -2.29. The van der Waals surface area contributed by atoms with Crippen LogP contribution in [0.2, 0.25) is 0 Å². The molecule has 0 bridgehead atoms. The number of thioether (sulfide) groups is 1. The number of hydrogen-bond acceptors (Lipinski definition) is 8. The molecule has 9 nitrogen and oxygen atoms in total. The summed E-state index contributed by atoms with van der Waals surface area (Å²) in [6, 6.07) is -1.16. The molecule has 2 amide bonds. The summed E-state index contributed by atoms with van der Waals surface area (Å²) in [5, 5.41) is 0.893. The number of methoxy groups -OCH3 is 1. The van der Waals surface area contributed by atoms with E-state index >= 15 is 0 Å². The van der Waals surface area contributed by atoms with Crippen LogP contribution >= 0.6 is 11.8 Å². The first-order valence-electron chi connectivity index (χ1n) is 7.02. The van der Waals surface area contributed by atoms with Gasteiger partial charge in [0.25, 0.3) is 0 Å². The van der Waals surface area contributed by atoms with Gasteiger partial charge in [-0.3, -0.25) is 4.79 Å². The van der Waals surface area contributed by atoms with E-state index in [0.717, 1.165) is 28.9 Å². The van der Waals surface area contributed by atoms with E-state index in [1.807, 2.05) is 0 Å². The van der Waals surface area contributed by atoms with Gasteiger partial charge >= 0.3 is 18.2 Å². The summed E-state index contributed by atoms with van der Waals surface area (Å²) < 4.78 is 14.5. The molecule has 10 heteroatoms. The molecule has 1 saturated heterocycles. The summed E-state index contributed by atoms with van der Waals surface area (Å²) in [5.74, 6) is -0.747. The Kier molecular flexibility index (Phi) is 7.14. The number of carbonyl (C=O) groups is 4. The summed E-state index contributed by atoms with van der Waals surface area (Å²) in [5.41, 5.74) is 0. The van der Waals surface area contributed by atoms with Crippen LogP contribution in [-0.4, -0.2) is 71.4 Å². The molecule has 0 aromatic carbocycles. The molecule has 1 aliphatic rings. The fraction of sp³-hybridized carbons (Fsp3) is 0.692. The number of amides is 2. The van der Waals surface area contributed by atoms with Crippen LogP contribution in [0.15, 0.2) is 0 Å². The fourth-order valence-corrected chi connectivity index (χ4v) is 3.11. The zero-order valence-corrected chi connectivity index (χ0v) is 14.3. The highest BCUT2D eigenvalue weighted by molar-refractivity contribution is 8.14. The van der Waals surface area contributed by atoms with E-state index < -0.39 is 29.4 Å². The first-order chi connectivity index (χ1) is 10.9. The van der Waals surface area contributed by atoms with Gasteiger partial charge in [-0.25, -0.2) is 19.4 Å². The molecule has 2 atom stereocenters. The zero-order valence-electron chi connectivity index (χ0n) is 13.4. The van der Waals surface area contributed by atoms with E-state index in [9.17, 15) is 19.2 Å². The highest BCUT2D eigenvalue weighted by Gasteiger charge is 2.51. The molecule has 0 aromatic heterocycles. The van der Waals surface area contributed by atoms with Crippen LogP contribution in [0.1, 0.15) is 20.8 Å². The van der Waals surface area contributed by atoms with E-state index in [-0.39, 0.29) is 24.9 Å². The van der Waals surface area contributed by atoms with Crippen LogP contribution in [0.25, 0.3) is 0 Å². The SMILES string of the molecule is CCOC(=O)N1CC(SC(C)=O)C(C(=O)OC)N1C(=O)OCC. The number of esters is 1. The molecule has 0 saturated carbocycles. The maximum atomic E-state index is 12.2. The van der Waals surface area contributed by atoms with Crippen molar-refractivity contribution in [3.8, 4) is 0 Å². The molecule has 0 aromatic rings. The second-order valence-electron chi connectivity index (χ2n) is 4.44. The van der Waals surface area contributed by atoms with Crippen LogP contribution in [0, 0.1) is 0 Å². The largest absolute Gasteiger partial charge is 0.467 e. The number of ether oxygens (including phenoxy) is 3. The Balaban J connectivity index is 3.18. The number of rotatable bonds is 4. The van der Waals surface area contributed by atoms with Crippen molar-refractivity contribution < 1.29 is 33.4 Å². The first kappa shape index (κ1) is 19.1. The van der Waals surface area contributed by atoms with Crippen molar-refractivity contribution in [1.29, 1.82) is 0 Å². The standard InChI is InChI=1S/C13H20N2O7S/c1-5-21-12(18)14-7-9(23-8(3)16)10(11(17)20-4)15(14)13(19)22-6-2/h9-10H,5-7H2,1-4H3. The minimum absolute atomic E-state index is 0.0539. The molecule has 1 fully saturated rings. The van der Waals surface area contributed by atoms with E-state index in [1.165, 1.54) is 6.92 Å². The third kappa shape index (κ3) is 4.50. The average Bonchev–Trinajstić information content (AvgIpc) is 2.85. The highest BCUT2D eigenvalue weighted by atomic mass is 32.2. The Morgan fingerprint density at radius 1 is 1.09 bits per heavy atom. The quantitative estimate of drug-likeness (QED) is 0.548. The summed E-state index contributed by atoms with van der Waals surface area (Å²) in [6.07, 6.45) is -1.69. The van der Waals surface area contributed by atoms with Crippen LogP contribution in [0.3, 0.4) is 0 Å². The predicted molar refractivity (Wildman–Crippen MR) is 80.5 cm³/mol. The lowest BCUT2D eigenvalue weighted by molar-refractivity contribution is -0.148. The maximum Gasteiger partial charge on any atom is 0.429 e. The Morgan fingerprint density at radius 2 is 1.65 bits per heavy atom. The second-order valence-corrected chi connectivity index (χ2v) is 5.86. The van der Waals surface area contributed by atoms with Crippen LogP contribution in [0.4, 0.5) is 9.59 Å². The van der Waals surface area contributed by atoms with Crippen molar-refractivity contribution >= 4 is 35.0 Å². The molecule has 0 radical (unpaired) electrons. The minimum atomic E-state index is -1.16. The smallest absolute Gasteiger partial charge is 0.429 e. The van der Waals surface area contributed by atoms with Crippen molar-refractivity contribution in [1.82, 2.24) is 10.0 Å². The van der Waals surface area contributed by atoms with Crippen LogP contribution in [0.5, 0.6) is 0 Å². The van der Waals surface area contributed by atoms with Gasteiger partial charge in [-0.2, -0.15) is 5.01 Å². The van der Waals surface area contributed by atoms with E-state index in [2.05, 4.69) is 0 Å². The number of carbonyl (C=O) groups excluding carboxylic acids is 4. The van der Waals surface area contributed by atoms with Gasteiger partial charge in [0.1, 0.15) is 0 Å². The van der Waals surface area contributed by atoms with Crippen molar-refractivity contribution in [3.63, 3.8) is 0 Å². The van der Waals surface area contributed by atoms with E-state index in [4.69, 9.17) is 14.2 Å². The summed E-state index contributed by atoms with van der Waals surface area (Å²) in [4.78, 5) is 47.7. The molecule has 23 heavy (non-hydrogen) atoms. The monoisotopic (exact) mass is 348 g/mol. The van der Waals surface area contributed by atoms with Crippen molar-refractivity contribution in [3.05, 3.63) is 0 Å². The lowest BCUT2D eigenvalue weighted by atomic mass is 10.2. The summed E-state index contributed by atoms with van der Waals surface area (Å²) in [6.45, 7) is 4.64. The lowest BCUT2D eigenvalue weighted by Crippen LogP contribution is -2.52. The minimum Gasteiger partial charge on any atom is -0.467 e. The van der Waals surface area contributed by atoms with Crippen molar-refractivity contribution in [2.24, 2.45) is 0 Å². The molecule has 1 rings (SSSR count). The number of nitrogens with zero attached hydrogens (tertiary/aromatic N) is 2. The van der Waals surface area contributed by atoms with Crippen molar-refractivity contribution in [2.45, 2.75) is 32.1 Å². The molecule has 130 valence electrons. The Bertz CT molecular complexity index is 485. The van der Waals surface area contributed by atoms with Crippen LogP contribution in [-0.2, 0) is 23.8 Å². The fourth-order valence-electron chi connectivity index (χ4n) is 2.12. The van der Waals surface area contributed by atoms with Gasteiger partial charge < -0.3 is 14.2 Å².